The number of nitrogens with one attached hydrogen (secondary N) is 1. The van der Waals surface area contributed by atoms with Crippen molar-refractivity contribution in [2.24, 2.45) is 0 Å². The monoisotopic (exact) mass is 384 g/mol. The number of nitrogens with zero attached hydrogens (tertiary/aromatic N) is 1. The molecule has 1 heterocycles. The summed E-state index contributed by atoms with van der Waals surface area (Å²) < 4.78 is 11.0. The summed E-state index contributed by atoms with van der Waals surface area (Å²) in [5, 5.41) is 12.5. The zero-order valence-corrected chi connectivity index (χ0v) is 16.5. The Morgan fingerprint density at radius 1 is 1.14 bits per heavy atom. The van der Waals surface area contributed by atoms with Gasteiger partial charge in [0.1, 0.15) is 0 Å². The first-order valence-corrected chi connectivity index (χ1v) is 9.71. The molecule has 1 saturated heterocycles. The molecule has 6 nitrogen and oxygen atoms in total. The van der Waals surface area contributed by atoms with E-state index in [1.165, 1.54) is 5.56 Å². The second-order valence-corrected chi connectivity index (χ2v) is 7.00. The lowest BCUT2D eigenvalue weighted by Gasteiger charge is -2.33. The van der Waals surface area contributed by atoms with E-state index in [1.807, 2.05) is 25.1 Å². The van der Waals surface area contributed by atoms with Gasteiger partial charge in [-0.05, 0) is 61.7 Å². The Morgan fingerprint density at radius 2 is 1.86 bits per heavy atom. The summed E-state index contributed by atoms with van der Waals surface area (Å²) in [6.45, 7) is 5.51. The average molecular weight is 384 g/mol. The van der Waals surface area contributed by atoms with Crippen molar-refractivity contribution in [1.82, 2.24) is 4.90 Å². The van der Waals surface area contributed by atoms with Gasteiger partial charge in [0.05, 0.1) is 19.3 Å². The fraction of sp³-hybridized carbons (Fsp3) is 0.409. The van der Waals surface area contributed by atoms with E-state index in [-0.39, 0.29) is 0 Å². The van der Waals surface area contributed by atoms with E-state index in [9.17, 15) is 4.79 Å². The maximum Gasteiger partial charge on any atom is 0.335 e. The largest absolute Gasteiger partial charge is 0.493 e. The maximum atomic E-state index is 10.9. The number of carbonyl (C=O) groups is 1. The molecule has 2 aromatic rings. The van der Waals surface area contributed by atoms with Gasteiger partial charge in [0, 0.05) is 31.4 Å². The SMILES string of the molecule is CCOc1cc(CN2CCC(Nc3ccc(C(=O)O)cc3)CC2)ccc1OC. The van der Waals surface area contributed by atoms with Gasteiger partial charge in [-0.3, -0.25) is 4.90 Å². The number of hydrogen-bond donors (Lipinski definition) is 2. The Balaban J connectivity index is 1.51. The van der Waals surface area contributed by atoms with Crippen LogP contribution in [0.1, 0.15) is 35.7 Å². The minimum Gasteiger partial charge on any atom is -0.493 e. The van der Waals surface area contributed by atoms with E-state index in [2.05, 4.69) is 22.3 Å². The highest BCUT2D eigenvalue weighted by Gasteiger charge is 2.19. The molecule has 0 aliphatic carbocycles. The highest BCUT2D eigenvalue weighted by Crippen LogP contribution is 2.29. The molecule has 0 spiro atoms. The Bertz CT molecular complexity index is 784. The first-order valence-electron chi connectivity index (χ1n) is 9.71. The third-order valence-corrected chi connectivity index (χ3v) is 5.02. The lowest BCUT2D eigenvalue weighted by Crippen LogP contribution is -2.38. The number of ether oxygens (including phenoxy) is 2. The highest BCUT2D eigenvalue weighted by molar-refractivity contribution is 5.88. The van der Waals surface area contributed by atoms with Crippen molar-refractivity contribution in [2.75, 3.05) is 32.1 Å². The number of carboxylic acid groups (broad SMARTS) is 1. The van der Waals surface area contributed by atoms with Crippen LogP contribution in [-0.4, -0.2) is 48.8 Å². The van der Waals surface area contributed by atoms with E-state index >= 15 is 0 Å². The summed E-state index contributed by atoms with van der Waals surface area (Å²) >= 11 is 0. The van der Waals surface area contributed by atoms with E-state index in [1.54, 1.807) is 19.2 Å². The minimum atomic E-state index is -0.897. The van der Waals surface area contributed by atoms with Gasteiger partial charge in [-0.2, -0.15) is 0 Å². The molecule has 0 saturated carbocycles. The molecule has 6 heteroatoms. The van der Waals surface area contributed by atoms with Gasteiger partial charge in [0.15, 0.2) is 11.5 Å². The molecule has 3 rings (SSSR count). The van der Waals surface area contributed by atoms with Crippen LogP contribution < -0.4 is 14.8 Å². The molecule has 0 bridgehead atoms. The van der Waals surface area contributed by atoms with Crippen LogP contribution in [-0.2, 0) is 6.54 Å². The first kappa shape index (κ1) is 20.0. The number of anilines is 1. The van der Waals surface area contributed by atoms with Crippen molar-refractivity contribution in [3.8, 4) is 11.5 Å². The van der Waals surface area contributed by atoms with Gasteiger partial charge in [-0.25, -0.2) is 4.79 Å². The fourth-order valence-electron chi connectivity index (χ4n) is 3.53. The predicted octanol–water partition coefficient (Wildman–Crippen LogP) is 3.87. The Morgan fingerprint density at radius 3 is 2.46 bits per heavy atom. The Kier molecular flexibility index (Phi) is 6.76. The van der Waals surface area contributed by atoms with Crippen LogP contribution in [0.4, 0.5) is 5.69 Å². The number of likely N-dealkylation sites (tertiary alicyclic amines) is 1. The number of rotatable bonds is 8. The van der Waals surface area contributed by atoms with Gasteiger partial charge >= 0.3 is 5.97 Å². The number of aromatic carboxylic acids is 1. The fourth-order valence-corrected chi connectivity index (χ4v) is 3.53. The number of hydrogen-bond acceptors (Lipinski definition) is 5. The molecule has 0 atom stereocenters. The van der Waals surface area contributed by atoms with E-state index in [4.69, 9.17) is 14.6 Å². The van der Waals surface area contributed by atoms with Crippen LogP contribution in [0.3, 0.4) is 0 Å². The van der Waals surface area contributed by atoms with Gasteiger partial charge in [-0.1, -0.05) is 6.07 Å². The second-order valence-electron chi connectivity index (χ2n) is 7.00. The van der Waals surface area contributed by atoms with Crippen molar-refractivity contribution in [1.29, 1.82) is 0 Å². The molecule has 1 aliphatic rings. The van der Waals surface area contributed by atoms with Crippen molar-refractivity contribution < 1.29 is 19.4 Å². The van der Waals surface area contributed by atoms with Crippen LogP contribution in [0.25, 0.3) is 0 Å². The van der Waals surface area contributed by atoms with Gasteiger partial charge in [0.2, 0.25) is 0 Å². The maximum absolute atomic E-state index is 10.9. The standard InChI is InChI=1S/C22H28N2O4/c1-3-28-21-14-16(4-9-20(21)27-2)15-24-12-10-19(11-13-24)23-18-7-5-17(6-8-18)22(25)26/h4-9,14,19,23H,3,10-13,15H2,1-2H3,(H,25,26). The molecular weight excluding hydrogens is 356 g/mol. The van der Waals surface area contributed by atoms with Crippen molar-refractivity contribution in [3.63, 3.8) is 0 Å². The molecule has 28 heavy (non-hydrogen) atoms. The molecule has 150 valence electrons. The summed E-state index contributed by atoms with van der Waals surface area (Å²) in [5.74, 6) is 0.664. The summed E-state index contributed by atoms with van der Waals surface area (Å²) in [5.41, 5.74) is 2.51. The minimum absolute atomic E-state index is 0.311. The van der Waals surface area contributed by atoms with Crippen LogP contribution in [0.2, 0.25) is 0 Å². The number of benzene rings is 2. The van der Waals surface area contributed by atoms with Crippen molar-refractivity contribution in [2.45, 2.75) is 32.4 Å². The summed E-state index contributed by atoms with van der Waals surface area (Å²) in [6, 6.07) is 13.5. The van der Waals surface area contributed by atoms with Crippen molar-refractivity contribution >= 4 is 11.7 Å². The van der Waals surface area contributed by atoms with Gasteiger partial charge < -0.3 is 19.9 Å². The smallest absolute Gasteiger partial charge is 0.335 e. The second kappa shape index (κ2) is 9.46. The zero-order chi connectivity index (χ0) is 19.9. The van der Waals surface area contributed by atoms with Crippen LogP contribution >= 0.6 is 0 Å². The number of methoxy groups -OCH3 is 1. The molecule has 0 unspecified atom stereocenters. The predicted molar refractivity (Wildman–Crippen MR) is 109 cm³/mol. The van der Waals surface area contributed by atoms with E-state index in [0.29, 0.717) is 18.2 Å². The van der Waals surface area contributed by atoms with E-state index in [0.717, 1.165) is 49.7 Å². The molecule has 1 aliphatic heterocycles. The number of piperidine rings is 1. The molecule has 2 aromatic carbocycles. The van der Waals surface area contributed by atoms with Gasteiger partial charge in [-0.15, -0.1) is 0 Å². The highest BCUT2D eigenvalue weighted by atomic mass is 16.5. The third-order valence-electron chi connectivity index (χ3n) is 5.02. The van der Waals surface area contributed by atoms with Crippen molar-refractivity contribution in [3.05, 3.63) is 53.6 Å². The first-order chi connectivity index (χ1) is 13.6. The summed E-state index contributed by atoms with van der Waals surface area (Å²) in [7, 11) is 1.66. The lowest BCUT2D eigenvalue weighted by molar-refractivity contribution is 0.0697. The topological polar surface area (TPSA) is 71.0 Å². The quantitative estimate of drug-likeness (QED) is 0.720. The molecule has 2 N–H and O–H groups in total. The molecule has 0 radical (unpaired) electrons. The van der Waals surface area contributed by atoms with Gasteiger partial charge in [0.25, 0.3) is 0 Å². The molecule has 1 fully saturated rings. The van der Waals surface area contributed by atoms with E-state index < -0.39 is 5.97 Å². The summed E-state index contributed by atoms with van der Waals surface area (Å²) in [4.78, 5) is 13.4. The zero-order valence-electron chi connectivity index (χ0n) is 16.5. The lowest BCUT2D eigenvalue weighted by atomic mass is 10.0. The third kappa shape index (κ3) is 5.16. The Hall–Kier alpha value is -2.73. The normalized spacial score (nSPS) is 15.2. The van der Waals surface area contributed by atoms with Crippen LogP contribution in [0.15, 0.2) is 42.5 Å². The molecular formula is C22H28N2O4. The molecule has 0 aromatic heterocycles. The number of carboxylic acids is 1. The average Bonchev–Trinajstić information content (AvgIpc) is 2.70. The summed E-state index contributed by atoms with van der Waals surface area (Å²) in [6.07, 6.45) is 2.10. The molecule has 0 amide bonds. The Labute approximate surface area is 166 Å². The van der Waals surface area contributed by atoms with Crippen LogP contribution in [0, 0.1) is 0 Å². The van der Waals surface area contributed by atoms with Crippen LogP contribution in [0.5, 0.6) is 11.5 Å².